The first-order chi connectivity index (χ1) is 8.18. The van der Waals surface area contributed by atoms with Crippen molar-refractivity contribution in [2.45, 2.75) is 0 Å². The number of hydrogen-bond donors (Lipinski definition) is 2. The van der Waals surface area contributed by atoms with Gasteiger partial charge in [-0.15, -0.1) is 0 Å². The molecule has 92 valence electrons. The summed E-state index contributed by atoms with van der Waals surface area (Å²) in [6.07, 6.45) is 0. The molecule has 1 aromatic rings. The van der Waals surface area contributed by atoms with Crippen LogP contribution in [0.15, 0.2) is 18.2 Å². The van der Waals surface area contributed by atoms with E-state index in [2.05, 4.69) is 10.6 Å². The monoisotopic (exact) mass is 241 g/mol. The summed E-state index contributed by atoms with van der Waals surface area (Å²) in [7, 11) is 0. The third-order valence-electron chi connectivity index (χ3n) is 2.59. The molecule has 0 atom stereocenters. The zero-order valence-electron chi connectivity index (χ0n) is 9.17. The van der Waals surface area contributed by atoms with Crippen LogP contribution in [0.25, 0.3) is 0 Å². The lowest BCUT2D eigenvalue weighted by molar-refractivity contribution is 0.219. The minimum Gasteiger partial charge on any atom is -0.379 e. The van der Waals surface area contributed by atoms with E-state index >= 15 is 0 Å². The molecule has 0 saturated carbocycles. The largest absolute Gasteiger partial charge is 0.379 e. The quantitative estimate of drug-likeness (QED) is 0.837. The van der Waals surface area contributed by atoms with E-state index in [0.29, 0.717) is 26.2 Å². The first-order valence-corrected chi connectivity index (χ1v) is 5.39. The van der Waals surface area contributed by atoms with Crippen LogP contribution in [0.4, 0.5) is 19.3 Å². The summed E-state index contributed by atoms with van der Waals surface area (Å²) in [5.41, 5.74) is -0.146. The first-order valence-electron chi connectivity index (χ1n) is 5.39. The van der Waals surface area contributed by atoms with Crippen molar-refractivity contribution in [3.05, 3.63) is 29.8 Å². The maximum atomic E-state index is 13.2. The number of para-hydroxylation sites is 1. The van der Waals surface area contributed by atoms with Gasteiger partial charge in [0.15, 0.2) is 0 Å². The van der Waals surface area contributed by atoms with Gasteiger partial charge in [0, 0.05) is 26.2 Å². The van der Waals surface area contributed by atoms with Crippen molar-refractivity contribution in [3.63, 3.8) is 0 Å². The molecule has 2 rings (SSSR count). The van der Waals surface area contributed by atoms with E-state index in [4.69, 9.17) is 0 Å². The van der Waals surface area contributed by atoms with Crippen molar-refractivity contribution in [2.75, 3.05) is 31.5 Å². The fraction of sp³-hybridized carbons (Fsp3) is 0.364. The number of carbonyl (C=O) groups is 1. The molecule has 0 bridgehead atoms. The Kier molecular flexibility index (Phi) is 3.41. The third-order valence-corrected chi connectivity index (χ3v) is 2.59. The number of halogens is 2. The van der Waals surface area contributed by atoms with E-state index in [9.17, 15) is 13.6 Å². The van der Waals surface area contributed by atoms with Gasteiger partial charge in [-0.1, -0.05) is 6.07 Å². The number of urea groups is 1. The SMILES string of the molecule is O=C1NCCN1CCNc1c(F)cccc1F. The Hall–Kier alpha value is -1.85. The smallest absolute Gasteiger partial charge is 0.317 e. The molecule has 0 radical (unpaired) electrons. The molecular formula is C11H13F2N3O. The maximum Gasteiger partial charge on any atom is 0.317 e. The van der Waals surface area contributed by atoms with E-state index in [0.717, 1.165) is 0 Å². The number of carbonyl (C=O) groups excluding carboxylic acids is 1. The lowest BCUT2D eigenvalue weighted by Gasteiger charge is -2.15. The Bertz CT molecular complexity index is 405. The molecule has 0 spiro atoms. The number of amides is 2. The molecule has 1 heterocycles. The van der Waals surface area contributed by atoms with Crippen LogP contribution in [0, 0.1) is 11.6 Å². The second-order valence-corrected chi connectivity index (χ2v) is 3.74. The zero-order chi connectivity index (χ0) is 12.3. The Morgan fingerprint density at radius 3 is 2.65 bits per heavy atom. The van der Waals surface area contributed by atoms with E-state index in [1.54, 1.807) is 4.90 Å². The van der Waals surface area contributed by atoms with Crippen LogP contribution < -0.4 is 10.6 Å². The zero-order valence-corrected chi connectivity index (χ0v) is 9.17. The topological polar surface area (TPSA) is 44.4 Å². The summed E-state index contributed by atoms with van der Waals surface area (Å²) < 4.78 is 26.5. The van der Waals surface area contributed by atoms with Crippen molar-refractivity contribution in [2.24, 2.45) is 0 Å². The van der Waals surface area contributed by atoms with Crippen LogP contribution in [0.3, 0.4) is 0 Å². The predicted octanol–water partition coefficient (Wildman–Crippen LogP) is 1.40. The van der Waals surface area contributed by atoms with Gasteiger partial charge >= 0.3 is 6.03 Å². The van der Waals surface area contributed by atoms with E-state index < -0.39 is 11.6 Å². The molecule has 0 unspecified atom stereocenters. The fourth-order valence-electron chi connectivity index (χ4n) is 1.71. The Morgan fingerprint density at radius 2 is 2.06 bits per heavy atom. The fourth-order valence-corrected chi connectivity index (χ4v) is 1.71. The Morgan fingerprint density at radius 1 is 1.35 bits per heavy atom. The minimum absolute atomic E-state index is 0.138. The molecule has 1 saturated heterocycles. The third kappa shape index (κ3) is 2.64. The van der Waals surface area contributed by atoms with E-state index in [1.807, 2.05) is 0 Å². The van der Waals surface area contributed by atoms with Crippen molar-refractivity contribution in [3.8, 4) is 0 Å². The van der Waals surface area contributed by atoms with Crippen molar-refractivity contribution >= 4 is 11.7 Å². The summed E-state index contributed by atoms with van der Waals surface area (Å²) in [6.45, 7) is 1.97. The predicted molar refractivity (Wildman–Crippen MR) is 59.8 cm³/mol. The first kappa shape index (κ1) is 11.6. The van der Waals surface area contributed by atoms with Crippen LogP contribution in [0.2, 0.25) is 0 Å². The molecule has 0 aliphatic carbocycles. The van der Waals surface area contributed by atoms with Crippen LogP contribution in [0.5, 0.6) is 0 Å². The van der Waals surface area contributed by atoms with Gasteiger partial charge in [-0.2, -0.15) is 0 Å². The molecule has 2 amide bonds. The summed E-state index contributed by atoms with van der Waals surface area (Å²) >= 11 is 0. The molecule has 1 aromatic carbocycles. The number of hydrogen-bond acceptors (Lipinski definition) is 2. The van der Waals surface area contributed by atoms with Gasteiger partial charge in [0.05, 0.1) is 0 Å². The van der Waals surface area contributed by atoms with Gasteiger partial charge in [0.1, 0.15) is 17.3 Å². The van der Waals surface area contributed by atoms with Gasteiger partial charge in [0.25, 0.3) is 0 Å². The minimum atomic E-state index is -0.629. The number of benzene rings is 1. The van der Waals surface area contributed by atoms with Crippen molar-refractivity contribution in [1.29, 1.82) is 0 Å². The van der Waals surface area contributed by atoms with Gasteiger partial charge in [-0.05, 0) is 12.1 Å². The highest BCUT2D eigenvalue weighted by atomic mass is 19.1. The van der Waals surface area contributed by atoms with Crippen LogP contribution in [-0.4, -0.2) is 37.1 Å². The molecule has 1 aliphatic rings. The lowest BCUT2D eigenvalue weighted by Crippen LogP contribution is -2.32. The van der Waals surface area contributed by atoms with E-state index in [1.165, 1.54) is 18.2 Å². The number of rotatable bonds is 4. The average Bonchev–Trinajstić information content (AvgIpc) is 2.69. The van der Waals surface area contributed by atoms with Crippen LogP contribution in [-0.2, 0) is 0 Å². The molecule has 6 heteroatoms. The summed E-state index contributed by atoms with van der Waals surface area (Å²) in [5.74, 6) is -1.26. The van der Waals surface area contributed by atoms with Crippen LogP contribution >= 0.6 is 0 Å². The highest BCUT2D eigenvalue weighted by molar-refractivity contribution is 5.76. The van der Waals surface area contributed by atoms with Gasteiger partial charge < -0.3 is 15.5 Å². The van der Waals surface area contributed by atoms with Crippen LogP contribution in [0.1, 0.15) is 0 Å². The van der Waals surface area contributed by atoms with Gasteiger partial charge in [0.2, 0.25) is 0 Å². The molecule has 17 heavy (non-hydrogen) atoms. The van der Waals surface area contributed by atoms with Gasteiger partial charge in [-0.25, -0.2) is 13.6 Å². The van der Waals surface area contributed by atoms with E-state index in [-0.39, 0.29) is 11.7 Å². The van der Waals surface area contributed by atoms with Gasteiger partial charge in [-0.3, -0.25) is 0 Å². The van der Waals surface area contributed by atoms with Crippen molar-refractivity contribution < 1.29 is 13.6 Å². The number of nitrogens with zero attached hydrogens (tertiary/aromatic N) is 1. The number of anilines is 1. The molecular weight excluding hydrogens is 228 g/mol. The molecule has 4 nitrogen and oxygen atoms in total. The molecule has 0 aromatic heterocycles. The highest BCUT2D eigenvalue weighted by Crippen LogP contribution is 2.17. The normalized spacial score (nSPS) is 14.9. The maximum absolute atomic E-state index is 13.2. The lowest BCUT2D eigenvalue weighted by atomic mass is 10.3. The summed E-state index contributed by atoms with van der Waals surface area (Å²) in [6, 6.07) is 3.55. The summed E-state index contributed by atoms with van der Waals surface area (Å²) in [5, 5.41) is 5.31. The number of nitrogens with one attached hydrogen (secondary N) is 2. The second kappa shape index (κ2) is 4.99. The second-order valence-electron chi connectivity index (χ2n) is 3.74. The highest BCUT2D eigenvalue weighted by Gasteiger charge is 2.18. The summed E-state index contributed by atoms with van der Waals surface area (Å²) in [4.78, 5) is 12.8. The standard InChI is InChI=1S/C11H13F2N3O/c12-8-2-1-3-9(13)10(8)14-4-6-16-7-5-15-11(16)17/h1-3,14H,4-7H2,(H,15,17). The average molecular weight is 241 g/mol. The molecule has 1 fully saturated rings. The molecule has 2 N–H and O–H groups in total. The Labute approximate surface area is 97.6 Å². The Balaban J connectivity index is 1.88. The van der Waals surface area contributed by atoms with Crippen molar-refractivity contribution in [1.82, 2.24) is 10.2 Å². The molecule has 1 aliphatic heterocycles.